The third-order valence-electron chi connectivity index (χ3n) is 3.60. The summed E-state index contributed by atoms with van der Waals surface area (Å²) in [6.07, 6.45) is -5.16. The number of benzene rings is 2. The third kappa shape index (κ3) is 2.65. The number of H-pyrrole nitrogens is 1. The van der Waals surface area contributed by atoms with Crippen molar-refractivity contribution >= 4 is 16.5 Å². The maximum absolute atomic E-state index is 14.3. The zero-order valence-corrected chi connectivity index (χ0v) is 12.2. The zero-order chi connectivity index (χ0) is 17.3. The number of halogens is 4. The van der Waals surface area contributed by atoms with Crippen molar-refractivity contribution in [1.82, 2.24) is 4.98 Å². The Morgan fingerprint density at radius 2 is 1.58 bits per heavy atom. The Morgan fingerprint density at radius 1 is 0.958 bits per heavy atom. The van der Waals surface area contributed by atoms with Crippen molar-refractivity contribution in [2.45, 2.75) is 6.18 Å². The molecule has 1 heterocycles. The van der Waals surface area contributed by atoms with Crippen LogP contribution >= 0.6 is 0 Å². The van der Waals surface area contributed by atoms with Gasteiger partial charge in [-0.25, -0.2) is 4.39 Å². The van der Waals surface area contributed by atoms with E-state index in [0.29, 0.717) is 10.9 Å². The van der Waals surface area contributed by atoms with E-state index in [0.717, 1.165) is 0 Å². The molecule has 24 heavy (non-hydrogen) atoms. The first-order valence-electron chi connectivity index (χ1n) is 6.97. The molecule has 1 N–H and O–H groups in total. The summed E-state index contributed by atoms with van der Waals surface area (Å²) in [5, 5.41) is 9.65. The van der Waals surface area contributed by atoms with Gasteiger partial charge >= 0.3 is 6.18 Å². The number of para-hydroxylation sites is 1. The van der Waals surface area contributed by atoms with Crippen LogP contribution in [0.1, 0.15) is 16.8 Å². The lowest BCUT2D eigenvalue weighted by molar-refractivity contribution is -0.107. The van der Waals surface area contributed by atoms with Crippen LogP contribution in [0, 0.1) is 11.3 Å². The summed E-state index contributed by atoms with van der Waals surface area (Å²) >= 11 is 0. The van der Waals surface area contributed by atoms with Gasteiger partial charge in [-0.2, -0.15) is 18.4 Å². The van der Waals surface area contributed by atoms with E-state index in [4.69, 9.17) is 0 Å². The fraction of sp³-hybridized carbons (Fsp3) is 0.0556. The van der Waals surface area contributed by atoms with E-state index in [1.165, 1.54) is 24.3 Å². The Morgan fingerprint density at radius 3 is 2.21 bits per heavy atom. The molecule has 0 bridgehead atoms. The Labute approximate surface area is 134 Å². The van der Waals surface area contributed by atoms with Gasteiger partial charge in [0, 0.05) is 22.0 Å². The lowest BCUT2D eigenvalue weighted by Gasteiger charge is -2.12. The number of aromatic nitrogens is 1. The number of rotatable bonds is 2. The summed E-state index contributed by atoms with van der Waals surface area (Å²) in [7, 11) is 0. The fourth-order valence-corrected chi connectivity index (χ4v) is 2.61. The zero-order valence-electron chi connectivity index (χ0n) is 12.2. The van der Waals surface area contributed by atoms with Crippen molar-refractivity contribution in [2.24, 2.45) is 0 Å². The van der Waals surface area contributed by atoms with Gasteiger partial charge in [0.15, 0.2) is 0 Å². The molecule has 0 saturated heterocycles. The van der Waals surface area contributed by atoms with Crippen LogP contribution in [0.2, 0.25) is 0 Å². The van der Waals surface area contributed by atoms with Crippen molar-refractivity contribution in [3.63, 3.8) is 0 Å². The van der Waals surface area contributed by atoms with E-state index < -0.39 is 17.6 Å². The van der Waals surface area contributed by atoms with Crippen molar-refractivity contribution in [1.29, 1.82) is 5.26 Å². The van der Waals surface area contributed by atoms with Gasteiger partial charge in [0.1, 0.15) is 11.8 Å². The summed E-state index contributed by atoms with van der Waals surface area (Å²) in [6.45, 7) is 0. The average molecular weight is 330 g/mol. The maximum Gasteiger partial charge on any atom is 0.443 e. The Bertz CT molecular complexity index is 960. The lowest BCUT2D eigenvalue weighted by Crippen LogP contribution is -2.11. The monoisotopic (exact) mass is 330 g/mol. The molecule has 2 aromatic carbocycles. The predicted molar refractivity (Wildman–Crippen MR) is 82.6 cm³/mol. The third-order valence-corrected chi connectivity index (χ3v) is 3.60. The molecule has 0 aliphatic heterocycles. The van der Waals surface area contributed by atoms with Crippen molar-refractivity contribution in [3.05, 3.63) is 77.2 Å². The summed E-state index contributed by atoms with van der Waals surface area (Å²) in [4.78, 5) is 2.74. The van der Waals surface area contributed by atoms with E-state index in [1.807, 2.05) is 6.07 Å². The molecule has 0 spiro atoms. The number of nitrogens with one attached hydrogen (secondary N) is 1. The minimum Gasteiger partial charge on any atom is -0.346 e. The van der Waals surface area contributed by atoms with Gasteiger partial charge in [-0.1, -0.05) is 48.5 Å². The highest BCUT2D eigenvalue weighted by Gasteiger charge is 2.39. The molecule has 120 valence electrons. The molecular weight excluding hydrogens is 320 g/mol. The number of fused-ring (bicyclic) bond motifs is 1. The van der Waals surface area contributed by atoms with E-state index >= 15 is 0 Å². The van der Waals surface area contributed by atoms with Crippen molar-refractivity contribution < 1.29 is 17.6 Å². The first-order valence-corrected chi connectivity index (χ1v) is 6.97. The largest absolute Gasteiger partial charge is 0.443 e. The quantitative estimate of drug-likeness (QED) is 0.634. The number of hydrogen-bond acceptors (Lipinski definition) is 1. The number of alkyl halides is 3. The van der Waals surface area contributed by atoms with Crippen LogP contribution in [0.5, 0.6) is 0 Å². The van der Waals surface area contributed by atoms with E-state index in [2.05, 4.69) is 4.98 Å². The van der Waals surface area contributed by atoms with E-state index in [9.17, 15) is 22.8 Å². The molecule has 3 rings (SSSR count). The van der Waals surface area contributed by atoms with Crippen molar-refractivity contribution in [3.8, 4) is 6.07 Å². The van der Waals surface area contributed by atoms with Crippen molar-refractivity contribution in [2.75, 3.05) is 0 Å². The normalized spacial score (nSPS) is 12.8. The highest BCUT2D eigenvalue weighted by Crippen LogP contribution is 2.40. The van der Waals surface area contributed by atoms with Crippen LogP contribution in [-0.4, -0.2) is 11.2 Å². The molecular formula is C18H10F4N2. The van der Waals surface area contributed by atoms with Crippen LogP contribution in [0.25, 0.3) is 16.5 Å². The molecule has 1 aromatic heterocycles. The fourth-order valence-electron chi connectivity index (χ4n) is 2.61. The molecule has 0 atom stereocenters. The minimum absolute atomic E-state index is 0.0496. The second-order valence-corrected chi connectivity index (χ2v) is 5.09. The molecule has 0 fully saturated rings. The minimum atomic E-state index is -5.16. The molecule has 6 heteroatoms. The summed E-state index contributed by atoms with van der Waals surface area (Å²) < 4.78 is 53.6. The van der Waals surface area contributed by atoms with Gasteiger partial charge < -0.3 is 4.98 Å². The number of allylic oxidation sites excluding steroid dienone is 1. The summed E-state index contributed by atoms with van der Waals surface area (Å²) in [5.74, 6) is -2.23. The molecule has 0 aliphatic rings. The molecule has 3 aromatic rings. The highest BCUT2D eigenvalue weighted by atomic mass is 19.4. The first-order chi connectivity index (χ1) is 11.4. The van der Waals surface area contributed by atoms with E-state index in [-0.39, 0.29) is 16.8 Å². The van der Waals surface area contributed by atoms with Gasteiger partial charge in [0.2, 0.25) is 5.83 Å². The molecule has 0 unspecified atom stereocenters. The molecule has 2 nitrogen and oxygen atoms in total. The van der Waals surface area contributed by atoms with E-state index in [1.54, 1.807) is 30.3 Å². The maximum atomic E-state index is 14.3. The molecule has 0 radical (unpaired) electrons. The van der Waals surface area contributed by atoms with Crippen LogP contribution in [-0.2, 0) is 0 Å². The number of hydrogen-bond donors (Lipinski definition) is 1. The van der Waals surface area contributed by atoms with Gasteiger partial charge in [-0.3, -0.25) is 0 Å². The second kappa shape index (κ2) is 5.85. The van der Waals surface area contributed by atoms with Crippen LogP contribution in [0.4, 0.5) is 17.6 Å². The van der Waals surface area contributed by atoms with Gasteiger partial charge in [-0.15, -0.1) is 0 Å². The van der Waals surface area contributed by atoms with Gasteiger partial charge in [0.25, 0.3) is 0 Å². The molecule has 0 amide bonds. The Balaban J connectivity index is 2.44. The number of nitrogens with zero attached hydrogens (tertiary/aromatic N) is 1. The first kappa shape index (κ1) is 15.8. The van der Waals surface area contributed by atoms with Gasteiger partial charge in [-0.05, 0) is 11.6 Å². The Hall–Kier alpha value is -3.07. The van der Waals surface area contributed by atoms with Crippen LogP contribution in [0.15, 0.2) is 60.4 Å². The lowest BCUT2D eigenvalue weighted by atomic mass is 9.94. The predicted octanol–water partition coefficient (Wildman–Crippen LogP) is 5.33. The molecule has 0 saturated carbocycles. The SMILES string of the molecule is N#Cc1[nH]c2ccccc2c1/C(=C(\F)C(F)(F)F)c1ccccc1. The second-order valence-electron chi connectivity index (χ2n) is 5.09. The summed E-state index contributed by atoms with van der Waals surface area (Å²) in [5.41, 5.74) is -0.332. The highest BCUT2D eigenvalue weighted by molar-refractivity contribution is 6.00. The average Bonchev–Trinajstić information content (AvgIpc) is 2.94. The number of nitriles is 1. The summed E-state index contributed by atoms with van der Waals surface area (Å²) in [6, 6.07) is 15.7. The smallest absolute Gasteiger partial charge is 0.346 e. The number of aromatic amines is 1. The van der Waals surface area contributed by atoms with Crippen LogP contribution in [0.3, 0.4) is 0 Å². The van der Waals surface area contributed by atoms with Gasteiger partial charge in [0.05, 0.1) is 0 Å². The van der Waals surface area contributed by atoms with Crippen LogP contribution < -0.4 is 0 Å². The molecule has 0 aliphatic carbocycles. The topological polar surface area (TPSA) is 39.6 Å². The Kier molecular flexibility index (Phi) is 3.86. The standard InChI is InChI=1S/C18H10F4N2/c19-17(18(20,21)22)15(11-6-2-1-3-7-11)16-12-8-4-5-9-13(12)24-14(16)10-23/h1-9,24H/b17-15-.